The van der Waals surface area contributed by atoms with Crippen LogP contribution >= 0.6 is 0 Å². The van der Waals surface area contributed by atoms with Gasteiger partial charge in [-0.3, -0.25) is 0 Å². The van der Waals surface area contributed by atoms with Crippen molar-refractivity contribution < 1.29 is 9.78 Å². The van der Waals surface area contributed by atoms with Gasteiger partial charge in [0.05, 0.1) is 0 Å². The van der Waals surface area contributed by atoms with Crippen molar-refractivity contribution in [1.82, 2.24) is 0 Å². The molecule has 0 radical (unpaired) electrons. The summed E-state index contributed by atoms with van der Waals surface area (Å²) in [6.45, 7) is 12.6. The largest absolute Gasteiger partial charge is 0.337 e. The van der Waals surface area contributed by atoms with E-state index in [1.807, 2.05) is 32.0 Å². The van der Waals surface area contributed by atoms with Crippen LogP contribution in [0.5, 0.6) is 5.75 Å². The molecule has 2 heteroatoms. The summed E-state index contributed by atoms with van der Waals surface area (Å²) < 4.78 is 0. The summed E-state index contributed by atoms with van der Waals surface area (Å²) in [5.74, 6) is 1.66. The Hall–Kier alpha value is -1.02. The second-order valence-electron chi connectivity index (χ2n) is 5.65. The normalized spacial score (nSPS) is 12.2. The molecule has 0 aliphatic rings. The van der Waals surface area contributed by atoms with Gasteiger partial charge in [0.15, 0.2) is 5.75 Å². The van der Waals surface area contributed by atoms with Gasteiger partial charge in [0.1, 0.15) is 5.60 Å². The van der Waals surface area contributed by atoms with Crippen LogP contribution in [0.4, 0.5) is 0 Å². The van der Waals surface area contributed by atoms with Gasteiger partial charge in [0.2, 0.25) is 0 Å². The molecule has 0 fully saturated rings. The van der Waals surface area contributed by atoms with Crippen molar-refractivity contribution in [3.63, 3.8) is 0 Å². The lowest BCUT2D eigenvalue weighted by Crippen LogP contribution is -2.32. The molecule has 0 bridgehead atoms. The van der Waals surface area contributed by atoms with Gasteiger partial charge in [-0.05, 0) is 43.4 Å². The Morgan fingerprint density at radius 1 is 1.06 bits per heavy atom. The lowest BCUT2D eigenvalue weighted by Gasteiger charge is -2.27. The van der Waals surface area contributed by atoms with Crippen LogP contribution in [-0.4, -0.2) is 5.60 Å². The fraction of sp³-hybridized carbons (Fsp3) is 0.600. The Labute approximate surface area is 105 Å². The average Bonchev–Trinajstić information content (AvgIpc) is 2.26. The zero-order valence-corrected chi connectivity index (χ0v) is 11.8. The van der Waals surface area contributed by atoms with E-state index < -0.39 is 0 Å². The van der Waals surface area contributed by atoms with E-state index in [9.17, 15) is 0 Å². The molecular formula is C15H24O2. The summed E-state index contributed by atoms with van der Waals surface area (Å²) in [5.41, 5.74) is 0.974. The molecule has 96 valence electrons. The van der Waals surface area contributed by atoms with Crippen molar-refractivity contribution in [3.05, 3.63) is 29.8 Å². The molecule has 0 aromatic heterocycles. The van der Waals surface area contributed by atoms with Crippen molar-refractivity contribution >= 4 is 0 Å². The maximum Gasteiger partial charge on any atom is 0.165 e. The maximum atomic E-state index is 5.51. The predicted molar refractivity (Wildman–Crippen MR) is 71.2 cm³/mol. The molecule has 17 heavy (non-hydrogen) atoms. The van der Waals surface area contributed by atoms with Crippen molar-refractivity contribution in [1.29, 1.82) is 0 Å². The quantitative estimate of drug-likeness (QED) is 0.551. The summed E-state index contributed by atoms with van der Waals surface area (Å²) in [4.78, 5) is 10.9. The molecule has 0 N–H and O–H groups in total. The molecular weight excluding hydrogens is 212 g/mol. The van der Waals surface area contributed by atoms with Gasteiger partial charge in [-0.2, -0.15) is 4.89 Å². The molecule has 1 aromatic rings. The Morgan fingerprint density at radius 2 is 1.71 bits per heavy atom. The van der Waals surface area contributed by atoms with Crippen LogP contribution in [0.3, 0.4) is 0 Å². The summed E-state index contributed by atoms with van der Waals surface area (Å²) in [5, 5.41) is 0. The van der Waals surface area contributed by atoms with Crippen molar-refractivity contribution in [2.45, 2.75) is 53.1 Å². The molecule has 2 nitrogen and oxygen atoms in total. The third-order valence-electron chi connectivity index (χ3n) is 3.27. The van der Waals surface area contributed by atoms with E-state index in [0.29, 0.717) is 11.8 Å². The third-order valence-corrected chi connectivity index (χ3v) is 3.27. The Balaban J connectivity index is 2.67. The van der Waals surface area contributed by atoms with E-state index in [4.69, 9.17) is 9.78 Å². The van der Waals surface area contributed by atoms with Gasteiger partial charge in [0.25, 0.3) is 0 Å². The number of hydrogen-bond donors (Lipinski definition) is 0. The Bertz CT molecular complexity index is 354. The van der Waals surface area contributed by atoms with E-state index in [0.717, 1.165) is 5.75 Å². The van der Waals surface area contributed by atoms with Gasteiger partial charge in [0, 0.05) is 0 Å². The van der Waals surface area contributed by atoms with E-state index in [1.165, 1.54) is 5.56 Å². The van der Waals surface area contributed by atoms with Gasteiger partial charge in [-0.1, -0.05) is 39.8 Å². The van der Waals surface area contributed by atoms with Crippen molar-refractivity contribution in [3.8, 4) is 5.75 Å². The number of benzene rings is 1. The summed E-state index contributed by atoms with van der Waals surface area (Å²) >= 11 is 0. The second kappa shape index (κ2) is 5.54. The molecule has 0 saturated heterocycles. The average molecular weight is 236 g/mol. The first-order valence-electron chi connectivity index (χ1n) is 6.28. The molecule has 0 atom stereocenters. The lowest BCUT2D eigenvalue weighted by atomic mass is 9.95. The molecule has 0 aliphatic heterocycles. The van der Waals surface area contributed by atoms with E-state index >= 15 is 0 Å². The first kappa shape index (κ1) is 14.0. The maximum absolute atomic E-state index is 5.51. The van der Waals surface area contributed by atoms with Crippen LogP contribution < -0.4 is 4.89 Å². The smallest absolute Gasteiger partial charge is 0.165 e. The van der Waals surface area contributed by atoms with E-state index in [-0.39, 0.29) is 5.60 Å². The first-order chi connectivity index (χ1) is 7.83. The zero-order valence-electron chi connectivity index (χ0n) is 11.8. The van der Waals surface area contributed by atoms with Crippen LogP contribution in [0.2, 0.25) is 0 Å². The SMILES string of the molecule is CC(C)c1cccc(OOC(C)(C)C(C)C)c1. The molecule has 1 rings (SSSR count). The van der Waals surface area contributed by atoms with E-state index in [2.05, 4.69) is 33.8 Å². The Morgan fingerprint density at radius 3 is 2.24 bits per heavy atom. The molecule has 1 aromatic carbocycles. The third kappa shape index (κ3) is 4.04. The predicted octanol–water partition coefficient (Wildman–Crippen LogP) is 4.56. The first-order valence-corrected chi connectivity index (χ1v) is 6.28. The second-order valence-corrected chi connectivity index (χ2v) is 5.65. The minimum absolute atomic E-state index is 0.284. The van der Waals surface area contributed by atoms with Gasteiger partial charge in [-0.15, -0.1) is 0 Å². The van der Waals surface area contributed by atoms with Crippen LogP contribution in [0, 0.1) is 5.92 Å². The van der Waals surface area contributed by atoms with Crippen LogP contribution in [0.1, 0.15) is 53.0 Å². The molecule has 0 saturated carbocycles. The summed E-state index contributed by atoms with van der Waals surface area (Å²) in [7, 11) is 0. The zero-order chi connectivity index (χ0) is 13.1. The molecule has 0 unspecified atom stereocenters. The fourth-order valence-electron chi connectivity index (χ4n) is 1.18. The highest BCUT2D eigenvalue weighted by Crippen LogP contribution is 2.24. The van der Waals surface area contributed by atoms with Gasteiger partial charge < -0.3 is 4.89 Å². The lowest BCUT2D eigenvalue weighted by molar-refractivity contribution is -0.293. The minimum atomic E-state index is -0.284. The minimum Gasteiger partial charge on any atom is -0.337 e. The highest BCUT2D eigenvalue weighted by Gasteiger charge is 2.25. The van der Waals surface area contributed by atoms with E-state index in [1.54, 1.807) is 0 Å². The topological polar surface area (TPSA) is 18.5 Å². The number of hydrogen-bond acceptors (Lipinski definition) is 2. The van der Waals surface area contributed by atoms with Crippen LogP contribution in [-0.2, 0) is 4.89 Å². The van der Waals surface area contributed by atoms with Crippen molar-refractivity contribution in [2.24, 2.45) is 5.92 Å². The summed E-state index contributed by atoms with van der Waals surface area (Å²) in [6, 6.07) is 8.05. The van der Waals surface area contributed by atoms with Gasteiger partial charge in [-0.25, -0.2) is 0 Å². The van der Waals surface area contributed by atoms with Crippen molar-refractivity contribution in [2.75, 3.05) is 0 Å². The van der Waals surface area contributed by atoms with Crippen LogP contribution in [0.15, 0.2) is 24.3 Å². The molecule has 0 heterocycles. The number of rotatable bonds is 5. The molecule has 0 amide bonds. The van der Waals surface area contributed by atoms with Gasteiger partial charge >= 0.3 is 0 Å². The molecule has 0 aliphatic carbocycles. The fourth-order valence-corrected chi connectivity index (χ4v) is 1.18. The standard InChI is InChI=1S/C15H24O2/c1-11(2)13-8-7-9-14(10-13)16-17-15(5,6)12(3)4/h7-12H,1-6H3. The summed E-state index contributed by atoms with van der Waals surface area (Å²) in [6.07, 6.45) is 0. The molecule has 0 spiro atoms. The van der Waals surface area contributed by atoms with Crippen LogP contribution in [0.25, 0.3) is 0 Å². The highest BCUT2D eigenvalue weighted by atomic mass is 17.2. The monoisotopic (exact) mass is 236 g/mol. The Kier molecular flexibility index (Phi) is 4.58. The highest BCUT2D eigenvalue weighted by molar-refractivity contribution is 5.29.